The van der Waals surface area contributed by atoms with E-state index >= 15 is 0 Å². The summed E-state index contributed by atoms with van der Waals surface area (Å²) < 4.78 is 5.29. The van der Waals surface area contributed by atoms with Gasteiger partial charge in [-0.25, -0.2) is 0 Å². The lowest BCUT2D eigenvalue weighted by Gasteiger charge is -2.11. The minimum absolute atomic E-state index is 0.00910. The fourth-order valence-electron chi connectivity index (χ4n) is 1.75. The topological polar surface area (TPSA) is 105 Å². The molecule has 2 rings (SSSR count). The third-order valence-corrected chi connectivity index (χ3v) is 3.17. The molecule has 7 heteroatoms. The smallest absolute Gasteiger partial charge is 0.325 e. The maximum absolute atomic E-state index is 11.7. The summed E-state index contributed by atoms with van der Waals surface area (Å²) in [5, 5.41) is 13.8. The molecule has 1 saturated carbocycles. The molecule has 22 heavy (non-hydrogen) atoms. The Balaban J connectivity index is 1.83. The molecule has 1 aliphatic carbocycles. The zero-order valence-electron chi connectivity index (χ0n) is 12.2. The van der Waals surface area contributed by atoms with E-state index in [4.69, 9.17) is 9.84 Å². The van der Waals surface area contributed by atoms with Crippen LogP contribution in [0.3, 0.4) is 0 Å². The number of ether oxygens (including phenoxy) is 1. The number of amides is 2. The van der Waals surface area contributed by atoms with Crippen LogP contribution in [0.15, 0.2) is 24.3 Å². The highest BCUT2D eigenvalue weighted by molar-refractivity contribution is 5.94. The third-order valence-electron chi connectivity index (χ3n) is 3.17. The monoisotopic (exact) mass is 306 g/mol. The van der Waals surface area contributed by atoms with E-state index in [-0.39, 0.29) is 18.4 Å². The van der Waals surface area contributed by atoms with Crippen molar-refractivity contribution in [3.63, 3.8) is 0 Å². The van der Waals surface area contributed by atoms with Crippen LogP contribution >= 0.6 is 0 Å². The largest absolute Gasteiger partial charge is 0.484 e. The normalized spacial score (nSPS) is 14.8. The standard InChI is InChI=1S/C15H18N2O5/c1-9(15(20)21)16-13(18)8-22-12-4-2-3-11(7-12)17-14(19)10-5-6-10/h2-4,7,9-10H,5-6,8H2,1H3,(H,16,18)(H,17,19)(H,20,21). The van der Waals surface area contributed by atoms with Gasteiger partial charge in [-0.15, -0.1) is 0 Å². The van der Waals surface area contributed by atoms with Crippen LogP contribution in [0, 0.1) is 5.92 Å². The average Bonchev–Trinajstić information content (AvgIpc) is 3.30. The molecule has 2 amide bonds. The van der Waals surface area contributed by atoms with Gasteiger partial charge in [0.05, 0.1) is 0 Å². The molecule has 0 aromatic heterocycles. The van der Waals surface area contributed by atoms with Crippen LogP contribution in [0.1, 0.15) is 19.8 Å². The molecule has 0 heterocycles. The van der Waals surface area contributed by atoms with Crippen molar-refractivity contribution in [1.82, 2.24) is 5.32 Å². The molecule has 1 fully saturated rings. The number of anilines is 1. The minimum Gasteiger partial charge on any atom is -0.484 e. The highest BCUT2D eigenvalue weighted by atomic mass is 16.5. The predicted octanol–water partition coefficient (Wildman–Crippen LogP) is 1.00. The first kappa shape index (κ1) is 15.8. The lowest BCUT2D eigenvalue weighted by molar-refractivity contribution is -0.141. The van der Waals surface area contributed by atoms with Gasteiger partial charge in [0, 0.05) is 17.7 Å². The summed E-state index contributed by atoms with van der Waals surface area (Å²) in [6.45, 7) is 1.08. The van der Waals surface area contributed by atoms with Gasteiger partial charge in [-0.1, -0.05) is 6.07 Å². The third kappa shape index (κ3) is 4.76. The average molecular weight is 306 g/mol. The molecule has 0 saturated heterocycles. The summed E-state index contributed by atoms with van der Waals surface area (Å²) in [5.74, 6) is -1.12. The fourth-order valence-corrected chi connectivity index (χ4v) is 1.75. The highest BCUT2D eigenvalue weighted by Gasteiger charge is 2.29. The molecular weight excluding hydrogens is 288 g/mol. The van der Waals surface area contributed by atoms with E-state index in [0.717, 1.165) is 12.8 Å². The lowest BCUT2D eigenvalue weighted by Crippen LogP contribution is -2.40. The number of benzene rings is 1. The Bertz CT molecular complexity index is 583. The van der Waals surface area contributed by atoms with E-state index in [1.807, 2.05) is 0 Å². The minimum atomic E-state index is -1.11. The van der Waals surface area contributed by atoms with Crippen LogP contribution in [0.5, 0.6) is 5.75 Å². The number of nitrogens with one attached hydrogen (secondary N) is 2. The van der Waals surface area contributed by atoms with Crippen molar-refractivity contribution in [2.24, 2.45) is 5.92 Å². The first-order valence-corrected chi connectivity index (χ1v) is 7.01. The van der Waals surface area contributed by atoms with Crippen molar-refractivity contribution in [2.45, 2.75) is 25.8 Å². The summed E-state index contributed by atoms with van der Waals surface area (Å²) in [6, 6.07) is 5.74. The molecular formula is C15H18N2O5. The van der Waals surface area contributed by atoms with Crippen molar-refractivity contribution in [3.05, 3.63) is 24.3 Å². The van der Waals surface area contributed by atoms with Crippen LogP contribution in [0.25, 0.3) is 0 Å². The van der Waals surface area contributed by atoms with Crippen LogP contribution in [-0.2, 0) is 14.4 Å². The molecule has 1 aromatic rings. The molecule has 0 aliphatic heterocycles. The summed E-state index contributed by atoms with van der Waals surface area (Å²) in [6.07, 6.45) is 1.84. The number of rotatable bonds is 7. The molecule has 0 spiro atoms. The summed E-state index contributed by atoms with van der Waals surface area (Å²) in [4.78, 5) is 33.8. The fraction of sp³-hybridized carbons (Fsp3) is 0.400. The summed E-state index contributed by atoms with van der Waals surface area (Å²) >= 11 is 0. The van der Waals surface area contributed by atoms with E-state index in [1.54, 1.807) is 24.3 Å². The van der Waals surface area contributed by atoms with Crippen LogP contribution in [0.4, 0.5) is 5.69 Å². The van der Waals surface area contributed by atoms with Gasteiger partial charge in [-0.05, 0) is 31.9 Å². The Morgan fingerprint density at radius 1 is 1.36 bits per heavy atom. The van der Waals surface area contributed by atoms with Gasteiger partial charge in [0.2, 0.25) is 5.91 Å². The van der Waals surface area contributed by atoms with Crippen LogP contribution < -0.4 is 15.4 Å². The Morgan fingerprint density at radius 2 is 2.09 bits per heavy atom. The van der Waals surface area contributed by atoms with E-state index < -0.39 is 17.9 Å². The number of hydrogen-bond acceptors (Lipinski definition) is 4. The van der Waals surface area contributed by atoms with Crippen molar-refractivity contribution in [3.8, 4) is 5.75 Å². The molecule has 1 aliphatic rings. The van der Waals surface area contributed by atoms with E-state index in [0.29, 0.717) is 11.4 Å². The Morgan fingerprint density at radius 3 is 2.73 bits per heavy atom. The van der Waals surface area contributed by atoms with Crippen LogP contribution in [0.2, 0.25) is 0 Å². The molecule has 7 nitrogen and oxygen atoms in total. The van der Waals surface area contributed by atoms with Gasteiger partial charge in [0.25, 0.3) is 5.91 Å². The molecule has 1 unspecified atom stereocenters. The van der Waals surface area contributed by atoms with Crippen molar-refractivity contribution < 1.29 is 24.2 Å². The molecule has 1 aromatic carbocycles. The van der Waals surface area contributed by atoms with Crippen molar-refractivity contribution in [1.29, 1.82) is 0 Å². The molecule has 0 radical (unpaired) electrons. The second kappa shape index (κ2) is 6.93. The number of carbonyl (C=O) groups excluding carboxylic acids is 2. The molecule has 118 valence electrons. The number of carboxylic acids is 1. The Kier molecular flexibility index (Phi) is 4.98. The Labute approximate surface area is 127 Å². The van der Waals surface area contributed by atoms with Gasteiger partial charge >= 0.3 is 5.97 Å². The van der Waals surface area contributed by atoms with Gasteiger partial charge in [0.1, 0.15) is 11.8 Å². The quantitative estimate of drug-likeness (QED) is 0.697. The summed E-state index contributed by atoms with van der Waals surface area (Å²) in [5.41, 5.74) is 0.605. The molecule has 1 atom stereocenters. The maximum Gasteiger partial charge on any atom is 0.325 e. The highest BCUT2D eigenvalue weighted by Crippen LogP contribution is 2.30. The second-order valence-electron chi connectivity index (χ2n) is 5.21. The summed E-state index contributed by atoms with van der Waals surface area (Å²) in [7, 11) is 0. The van der Waals surface area contributed by atoms with Crippen molar-refractivity contribution in [2.75, 3.05) is 11.9 Å². The van der Waals surface area contributed by atoms with Gasteiger partial charge < -0.3 is 20.5 Å². The SMILES string of the molecule is CC(NC(=O)COc1cccc(NC(=O)C2CC2)c1)C(=O)O. The number of aliphatic carboxylic acids is 1. The number of carboxylic acid groups (broad SMARTS) is 1. The lowest BCUT2D eigenvalue weighted by atomic mass is 10.3. The van der Waals surface area contributed by atoms with Gasteiger partial charge in [-0.3, -0.25) is 14.4 Å². The maximum atomic E-state index is 11.7. The van der Waals surface area contributed by atoms with Gasteiger partial charge in [-0.2, -0.15) is 0 Å². The number of carbonyl (C=O) groups is 3. The van der Waals surface area contributed by atoms with Crippen molar-refractivity contribution >= 4 is 23.5 Å². The van der Waals surface area contributed by atoms with E-state index in [2.05, 4.69) is 10.6 Å². The van der Waals surface area contributed by atoms with E-state index in [9.17, 15) is 14.4 Å². The predicted molar refractivity (Wildman–Crippen MR) is 78.5 cm³/mol. The van der Waals surface area contributed by atoms with Crippen LogP contribution in [-0.4, -0.2) is 35.5 Å². The zero-order chi connectivity index (χ0) is 16.1. The Hall–Kier alpha value is -2.57. The first-order chi connectivity index (χ1) is 10.5. The molecule has 3 N–H and O–H groups in total. The van der Waals surface area contributed by atoms with Gasteiger partial charge in [0.15, 0.2) is 6.61 Å². The number of hydrogen-bond donors (Lipinski definition) is 3. The zero-order valence-corrected chi connectivity index (χ0v) is 12.2. The molecule has 0 bridgehead atoms. The second-order valence-corrected chi connectivity index (χ2v) is 5.21. The first-order valence-electron chi connectivity index (χ1n) is 7.01. The van der Waals surface area contributed by atoms with E-state index in [1.165, 1.54) is 6.92 Å².